The SMILES string of the molecule is O=C(OC[C@H]1SC(n2ccc3c(Cl)nc(Cl)nc32)[C@H](OC(=O)c2ccccc2)[C@@H]1OC(=O)c1ccccc1)c1ccccc1. The highest BCUT2D eigenvalue weighted by Crippen LogP contribution is 2.47. The summed E-state index contributed by atoms with van der Waals surface area (Å²) in [4.78, 5) is 48.0. The third-order valence-electron chi connectivity index (χ3n) is 6.95. The second-order valence-corrected chi connectivity index (χ2v) is 11.8. The normalized spacial score (nSPS) is 19.4. The number of aromatic nitrogens is 3. The van der Waals surface area contributed by atoms with Gasteiger partial charge in [0.25, 0.3) is 0 Å². The van der Waals surface area contributed by atoms with Gasteiger partial charge >= 0.3 is 17.9 Å². The number of halogens is 2. The summed E-state index contributed by atoms with van der Waals surface area (Å²) in [5.41, 5.74) is 1.39. The number of thioether (sulfide) groups is 1. The molecule has 5 aromatic rings. The van der Waals surface area contributed by atoms with Gasteiger partial charge in [-0.2, -0.15) is 4.98 Å². The Labute approximate surface area is 266 Å². The van der Waals surface area contributed by atoms with Crippen molar-refractivity contribution in [2.45, 2.75) is 22.8 Å². The monoisotopic (exact) mass is 647 g/mol. The number of esters is 3. The number of benzene rings is 3. The van der Waals surface area contributed by atoms with E-state index in [1.54, 1.807) is 108 Å². The van der Waals surface area contributed by atoms with Gasteiger partial charge in [-0.3, -0.25) is 0 Å². The molecular weight excluding hydrogens is 625 g/mol. The molecule has 0 radical (unpaired) electrons. The fraction of sp³-hybridized carbons (Fsp3) is 0.156. The molecule has 1 fully saturated rings. The van der Waals surface area contributed by atoms with Gasteiger partial charge in [0.1, 0.15) is 22.8 Å². The Balaban J connectivity index is 1.39. The summed E-state index contributed by atoms with van der Waals surface area (Å²) < 4.78 is 19.6. The minimum atomic E-state index is -1.04. The van der Waals surface area contributed by atoms with E-state index in [1.807, 2.05) is 0 Å². The van der Waals surface area contributed by atoms with Gasteiger partial charge in [0.15, 0.2) is 12.2 Å². The lowest BCUT2D eigenvalue weighted by Gasteiger charge is -2.26. The number of fused-ring (bicyclic) bond motifs is 1. The molecule has 1 saturated heterocycles. The Bertz CT molecular complexity index is 1810. The van der Waals surface area contributed by atoms with E-state index in [1.165, 1.54) is 11.8 Å². The summed E-state index contributed by atoms with van der Waals surface area (Å²) in [5, 5.41) is -0.708. The van der Waals surface area contributed by atoms with Crippen LogP contribution in [0.3, 0.4) is 0 Å². The molecule has 0 aliphatic carbocycles. The predicted molar refractivity (Wildman–Crippen MR) is 166 cm³/mol. The molecule has 9 nitrogen and oxygen atoms in total. The Morgan fingerprint density at radius 1 is 0.705 bits per heavy atom. The van der Waals surface area contributed by atoms with E-state index < -0.39 is 40.7 Å². The van der Waals surface area contributed by atoms with E-state index in [4.69, 9.17) is 37.4 Å². The zero-order valence-corrected chi connectivity index (χ0v) is 25.1. The van der Waals surface area contributed by atoms with Crippen LogP contribution in [0.25, 0.3) is 11.0 Å². The first-order chi connectivity index (χ1) is 21.4. The standard InChI is InChI=1S/C32H23Cl2N3O6S/c33-26-22-16-17-37(27(22)36-32(34)35-26)28-25(43-31(40)21-14-8-3-9-15-21)24(42-30(39)20-12-6-2-7-13-20)23(44-28)18-41-29(38)19-10-4-1-5-11-19/h1-17,23-25,28H,18H2/t23-,24-,25-,28?/m1/s1. The number of ether oxygens (including phenoxy) is 3. The molecule has 0 spiro atoms. The molecule has 1 aliphatic rings. The van der Waals surface area contributed by atoms with E-state index in [2.05, 4.69) is 9.97 Å². The molecule has 0 bridgehead atoms. The molecule has 0 saturated carbocycles. The predicted octanol–water partition coefficient (Wildman–Crippen LogP) is 6.66. The van der Waals surface area contributed by atoms with Gasteiger partial charge < -0.3 is 18.8 Å². The smallest absolute Gasteiger partial charge is 0.338 e. The van der Waals surface area contributed by atoms with Crippen molar-refractivity contribution >= 4 is 63.9 Å². The molecule has 2 aromatic heterocycles. The van der Waals surface area contributed by atoms with Crippen molar-refractivity contribution in [3.05, 3.63) is 130 Å². The average molecular weight is 649 g/mol. The maximum atomic E-state index is 13.4. The summed E-state index contributed by atoms with van der Waals surface area (Å²) in [5.74, 6) is -1.79. The van der Waals surface area contributed by atoms with E-state index in [0.717, 1.165) is 0 Å². The van der Waals surface area contributed by atoms with Crippen LogP contribution in [0.4, 0.5) is 0 Å². The molecule has 1 unspecified atom stereocenters. The molecule has 4 atom stereocenters. The van der Waals surface area contributed by atoms with Crippen molar-refractivity contribution < 1.29 is 28.6 Å². The maximum absolute atomic E-state index is 13.4. The van der Waals surface area contributed by atoms with Gasteiger partial charge in [0.05, 0.1) is 27.3 Å². The third kappa shape index (κ3) is 6.28. The molecule has 3 aromatic carbocycles. The second kappa shape index (κ2) is 13.1. The first-order valence-electron chi connectivity index (χ1n) is 13.5. The lowest BCUT2D eigenvalue weighted by Crippen LogP contribution is -2.41. The fourth-order valence-electron chi connectivity index (χ4n) is 4.86. The van der Waals surface area contributed by atoms with E-state index >= 15 is 0 Å². The first-order valence-corrected chi connectivity index (χ1v) is 15.2. The summed E-state index contributed by atoms with van der Waals surface area (Å²) in [7, 11) is 0. The van der Waals surface area contributed by atoms with Crippen LogP contribution in [0.15, 0.2) is 103 Å². The number of nitrogens with zero attached hydrogens (tertiary/aromatic N) is 3. The van der Waals surface area contributed by atoms with Crippen LogP contribution in [-0.4, -0.2) is 56.5 Å². The minimum absolute atomic E-state index is 0.0660. The molecule has 0 N–H and O–H groups in total. The number of carbonyl (C=O) groups is 3. The Kier molecular flexibility index (Phi) is 8.83. The topological polar surface area (TPSA) is 110 Å². The zero-order chi connectivity index (χ0) is 30.6. The molecule has 44 heavy (non-hydrogen) atoms. The molecule has 6 rings (SSSR count). The van der Waals surface area contributed by atoms with Crippen LogP contribution < -0.4 is 0 Å². The number of carbonyl (C=O) groups excluding carboxylic acids is 3. The lowest BCUT2D eigenvalue weighted by molar-refractivity contribution is -0.0406. The summed E-state index contributed by atoms with van der Waals surface area (Å²) >= 11 is 13.8. The van der Waals surface area contributed by atoms with Crippen LogP contribution in [0.2, 0.25) is 10.4 Å². The van der Waals surface area contributed by atoms with Gasteiger partial charge in [-0.25, -0.2) is 19.4 Å². The van der Waals surface area contributed by atoms with Gasteiger partial charge in [-0.15, -0.1) is 11.8 Å². The summed E-state index contributed by atoms with van der Waals surface area (Å²) in [6.45, 7) is -0.142. The highest BCUT2D eigenvalue weighted by molar-refractivity contribution is 8.00. The fourth-order valence-corrected chi connectivity index (χ4v) is 6.83. The zero-order valence-electron chi connectivity index (χ0n) is 22.8. The minimum Gasteiger partial charge on any atom is -0.461 e. The van der Waals surface area contributed by atoms with Gasteiger partial charge in [-0.1, -0.05) is 66.2 Å². The van der Waals surface area contributed by atoms with Gasteiger partial charge in [0, 0.05) is 6.20 Å². The van der Waals surface area contributed by atoms with Crippen molar-refractivity contribution in [2.75, 3.05) is 6.61 Å². The number of rotatable bonds is 8. The van der Waals surface area contributed by atoms with Crippen LogP contribution in [0.5, 0.6) is 0 Å². The quantitative estimate of drug-likeness (QED) is 0.0790. The Morgan fingerprint density at radius 3 is 1.80 bits per heavy atom. The number of hydrogen-bond acceptors (Lipinski definition) is 9. The summed E-state index contributed by atoms with van der Waals surface area (Å²) in [6, 6.07) is 27.2. The van der Waals surface area contributed by atoms with Crippen LogP contribution in [0, 0.1) is 0 Å². The molecule has 1 aliphatic heterocycles. The highest BCUT2D eigenvalue weighted by atomic mass is 35.5. The van der Waals surface area contributed by atoms with Crippen molar-refractivity contribution in [3.8, 4) is 0 Å². The van der Waals surface area contributed by atoms with Crippen molar-refractivity contribution in [2.24, 2.45) is 0 Å². The summed E-state index contributed by atoms with van der Waals surface area (Å²) in [6.07, 6.45) is -0.347. The van der Waals surface area contributed by atoms with E-state index in [9.17, 15) is 14.4 Å². The molecule has 12 heteroatoms. The number of hydrogen-bond donors (Lipinski definition) is 0. The highest BCUT2D eigenvalue weighted by Gasteiger charge is 2.51. The van der Waals surface area contributed by atoms with E-state index in [-0.39, 0.29) is 17.0 Å². The Hall–Kier alpha value is -4.38. The van der Waals surface area contributed by atoms with Crippen molar-refractivity contribution in [3.63, 3.8) is 0 Å². The van der Waals surface area contributed by atoms with Crippen molar-refractivity contribution in [1.29, 1.82) is 0 Å². The maximum Gasteiger partial charge on any atom is 0.338 e. The Morgan fingerprint density at radius 2 is 1.23 bits per heavy atom. The third-order valence-corrected chi connectivity index (χ3v) is 8.94. The van der Waals surface area contributed by atoms with Crippen LogP contribution in [0.1, 0.15) is 36.4 Å². The van der Waals surface area contributed by atoms with Gasteiger partial charge in [-0.05, 0) is 54.1 Å². The van der Waals surface area contributed by atoms with Crippen LogP contribution in [-0.2, 0) is 14.2 Å². The molecule has 222 valence electrons. The van der Waals surface area contributed by atoms with Gasteiger partial charge in [0.2, 0.25) is 5.28 Å². The second-order valence-electron chi connectivity index (χ2n) is 9.75. The molecule has 3 heterocycles. The van der Waals surface area contributed by atoms with E-state index in [0.29, 0.717) is 27.7 Å². The average Bonchev–Trinajstić information content (AvgIpc) is 3.62. The van der Waals surface area contributed by atoms with Crippen LogP contribution >= 0.6 is 35.0 Å². The molecule has 0 amide bonds. The molecular formula is C32H23Cl2N3O6S. The lowest BCUT2D eigenvalue weighted by atomic mass is 10.1. The van der Waals surface area contributed by atoms with Crippen molar-refractivity contribution in [1.82, 2.24) is 14.5 Å². The first kappa shape index (κ1) is 29.7. The largest absolute Gasteiger partial charge is 0.461 e.